The molecule has 0 aliphatic carbocycles. The van der Waals surface area contributed by atoms with Gasteiger partial charge in [0.15, 0.2) is 11.6 Å². The van der Waals surface area contributed by atoms with E-state index in [1.807, 2.05) is 0 Å². The van der Waals surface area contributed by atoms with Gasteiger partial charge in [-0.25, -0.2) is 8.78 Å². The van der Waals surface area contributed by atoms with Gasteiger partial charge in [-0.2, -0.15) is 0 Å². The maximum absolute atomic E-state index is 13.1. The van der Waals surface area contributed by atoms with Crippen LogP contribution in [-0.2, 0) is 14.9 Å². The molecule has 0 saturated carbocycles. The molecule has 17 heavy (non-hydrogen) atoms. The Morgan fingerprint density at radius 1 is 1.35 bits per heavy atom. The number of carbonyl (C=O) groups is 1. The highest BCUT2D eigenvalue weighted by Crippen LogP contribution is 2.27. The summed E-state index contributed by atoms with van der Waals surface area (Å²) >= 11 is 0. The fourth-order valence-electron chi connectivity index (χ4n) is 1.50. The van der Waals surface area contributed by atoms with Gasteiger partial charge in [-0.1, -0.05) is 19.9 Å². The van der Waals surface area contributed by atoms with E-state index in [9.17, 15) is 13.6 Å². The van der Waals surface area contributed by atoms with Crippen molar-refractivity contribution < 1.29 is 18.3 Å². The van der Waals surface area contributed by atoms with Crippen LogP contribution in [0.1, 0.15) is 19.4 Å². The third-order valence-electron chi connectivity index (χ3n) is 2.90. The third kappa shape index (κ3) is 2.61. The van der Waals surface area contributed by atoms with Gasteiger partial charge in [0, 0.05) is 5.41 Å². The van der Waals surface area contributed by atoms with E-state index >= 15 is 0 Å². The zero-order chi connectivity index (χ0) is 13.2. The first-order valence-electron chi connectivity index (χ1n) is 5.09. The standard InChI is InChI=1S/C12H15F2NO2/c1-12(2,10(15)11(16)17-3)7-4-5-8(13)9(14)6-7/h4-6,10H,15H2,1-3H3. The Morgan fingerprint density at radius 3 is 2.41 bits per heavy atom. The molecule has 0 bridgehead atoms. The molecule has 1 aromatic carbocycles. The number of methoxy groups -OCH3 is 1. The zero-order valence-corrected chi connectivity index (χ0v) is 9.96. The van der Waals surface area contributed by atoms with E-state index in [1.54, 1.807) is 13.8 Å². The van der Waals surface area contributed by atoms with Gasteiger partial charge in [0.1, 0.15) is 6.04 Å². The molecule has 3 nitrogen and oxygen atoms in total. The molecule has 0 radical (unpaired) electrons. The maximum atomic E-state index is 13.1. The fourth-order valence-corrected chi connectivity index (χ4v) is 1.50. The minimum atomic E-state index is -0.965. The Kier molecular flexibility index (Phi) is 3.83. The molecule has 94 valence electrons. The average Bonchev–Trinajstić information content (AvgIpc) is 2.30. The molecule has 1 atom stereocenters. The normalized spacial score (nSPS) is 13.3. The summed E-state index contributed by atoms with van der Waals surface area (Å²) in [4.78, 5) is 11.4. The maximum Gasteiger partial charge on any atom is 0.323 e. The SMILES string of the molecule is COC(=O)C(N)C(C)(C)c1ccc(F)c(F)c1. The molecular weight excluding hydrogens is 228 g/mol. The minimum Gasteiger partial charge on any atom is -0.468 e. The van der Waals surface area contributed by atoms with E-state index in [1.165, 1.54) is 13.2 Å². The smallest absolute Gasteiger partial charge is 0.323 e. The molecule has 0 amide bonds. The molecule has 1 aromatic rings. The van der Waals surface area contributed by atoms with Crippen LogP contribution < -0.4 is 5.73 Å². The molecule has 1 unspecified atom stereocenters. The van der Waals surface area contributed by atoms with E-state index in [-0.39, 0.29) is 0 Å². The zero-order valence-electron chi connectivity index (χ0n) is 9.96. The van der Waals surface area contributed by atoms with Gasteiger partial charge >= 0.3 is 5.97 Å². The second-order valence-corrected chi connectivity index (χ2v) is 4.35. The van der Waals surface area contributed by atoms with E-state index in [0.29, 0.717) is 5.56 Å². The van der Waals surface area contributed by atoms with Crippen molar-refractivity contribution in [2.45, 2.75) is 25.3 Å². The second kappa shape index (κ2) is 4.79. The van der Waals surface area contributed by atoms with Gasteiger partial charge in [-0.05, 0) is 17.7 Å². The molecule has 0 aliphatic heterocycles. The first-order valence-corrected chi connectivity index (χ1v) is 5.09. The van der Waals surface area contributed by atoms with E-state index in [0.717, 1.165) is 12.1 Å². The van der Waals surface area contributed by atoms with Crippen LogP contribution in [0.15, 0.2) is 18.2 Å². The fraction of sp³-hybridized carbons (Fsp3) is 0.417. The first-order chi connectivity index (χ1) is 7.80. The van der Waals surface area contributed by atoms with Gasteiger partial charge < -0.3 is 10.5 Å². The van der Waals surface area contributed by atoms with Crippen molar-refractivity contribution in [3.63, 3.8) is 0 Å². The van der Waals surface area contributed by atoms with Crippen LogP contribution in [0.4, 0.5) is 8.78 Å². The van der Waals surface area contributed by atoms with Crippen LogP contribution >= 0.6 is 0 Å². The second-order valence-electron chi connectivity index (χ2n) is 4.35. The number of nitrogens with two attached hydrogens (primary N) is 1. The van der Waals surface area contributed by atoms with Crippen LogP contribution in [0, 0.1) is 11.6 Å². The minimum absolute atomic E-state index is 0.439. The summed E-state index contributed by atoms with van der Waals surface area (Å²) < 4.78 is 30.5. The van der Waals surface area contributed by atoms with Crippen LogP contribution in [0.25, 0.3) is 0 Å². The van der Waals surface area contributed by atoms with E-state index in [2.05, 4.69) is 4.74 Å². The number of carbonyl (C=O) groups excluding carboxylic acids is 1. The molecule has 0 spiro atoms. The molecule has 2 N–H and O–H groups in total. The Morgan fingerprint density at radius 2 is 1.94 bits per heavy atom. The lowest BCUT2D eigenvalue weighted by Gasteiger charge is -2.30. The summed E-state index contributed by atoms with van der Waals surface area (Å²) in [6.07, 6.45) is 0. The topological polar surface area (TPSA) is 52.3 Å². The average molecular weight is 243 g/mol. The quantitative estimate of drug-likeness (QED) is 0.823. The highest BCUT2D eigenvalue weighted by atomic mass is 19.2. The molecule has 0 fully saturated rings. The van der Waals surface area contributed by atoms with Crippen molar-refractivity contribution in [2.24, 2.45) is 5.73 Å². The third-order valence-corrected chi connectivity index (χ3v) is 2.90. The van der Waals surface area contributed by atoms with Crippen LogP contribution in [0.2, 0.25) is 0 Å². The summed E-state index contributed by atoms with van der Waals surface area (Å²) in [6.45, 7) is 3.34. The van der Waals surface area contributed by atoms with Crippen molar-refractivity contribution in [1.82, 2.24) is 0 Å². The highest BCUT2D eigenvalue weighted by Gasteiger charge is 2.35. The molecule has 0 heterocycles. The van der Waals surface area contributed by atoms with Gasteiger partial charge in [0.2, 0.25) is 0 Å². The molecule has 5 heteroatoms. The van der Waals surface area contributed by atoms with Gasteiger partial charge in [0.25, 0.3) is 0 Å². The van der Waals surface area contributed by atoms with E-state index in [4.69, 9.17) is 5.73 Å². The lowest BCUT2D eigenvalue weighted by atomic mass is 9.78. The lowest BCUT2D eigenvalue weighted by molar-refractivity contribution is -0.143. The van der Waals surface area contributed by atoms with Crippen molar-refractivity contribution in [3.05, 3.63) is 35.4 Å². The lowest BCUT2D eigenvalue weighted by Crippen LogP contribution is -2.47. The van der Waals surface area contributed by atoms with Crippen LogP contribution in [-0.4, -0.2) is 19.1 Å². The number of halogens is 2. The monoisotopic (exact) mass is 243 g/mol. The molecular formula is C12H15F2NO2. The van der Waals surface area contributed by atoms with Gasteiger partial charge in [0.05, 0.1) is 7.11 Å². The number of benzene rings is 1. The van der Waals surface area contributed by atoms with E-state index < -0.39 is 29.1 Å². The van der Waals surface area contributed by atoms with Gasteiger partial charge in [-0.15, -0.1) is 0 Å². The summed E-state index contributed by atoms with van der Waals surface area (Å²) in [7, 11) is 1.23. The van der Waals surface area contributed by atoms with Gasteiger partial charge in [-0.3, -0.25) is 4.79 Å². The molecule has 1 rings (SSSR count). The predicted molar refractivity (Wildman–Crippen MR) is 59.4 cm³/mol. The summed E-state index contributed by atoms with van der Waals surface area (Å²) in [5.74, 6) is -2.50. The number of hydrogen-bond acceptors (Lipinski definition) is 3. The number of ether oxygens (including phenoxy) is 1. The predicted octanol–water partition coefficient (Wildman–Crippen LogP) is 1.74. The summed E-state index contributed by atoms with van der Waals surface area (Å²) in [5.41, 5.74) is 5.33. The number of hydrogen-bond donors (Lipinski definition) is 1. The van der Waals surface area contributed by atoms with Crippen molar-refractivity contribution in [1.29, 1.82) is 0 Å². The molecule has 0 aliphatic rings. The largest absolute Gasteiger partial charge is 0.468 e. The molecule has 0 aromatic heterocycles. The Bertz CT molecular complexity index is 433. The van der Waals surface area contributed by atoms with Crippen LogP contribution in [0.3, 0.4) is 0 Å². The Labute approximate surface area is 98.6 Å². The summed E-state index contributed by atoms with van der Waals surface area (Å²) in [5, 5.41) is 0. The van der Waals surface area contributed by atoms with Crippen LogP contribution in [0.5, 0.6) is 0 Å². The number of rotatable bonds is 3. The first kappa shape index (κ1) is 13.6. The Hall–Kier alpha value is -1.49. The summed E-state index contributed by atoms with van der Waals surface area (Å²) in [6, 6.07) is 2.51. The van der Waals surface area contributed by atoms with Crippen molar-refractivity contribution in [2.75, 3.05) is 7.11 Å². The van der Waals surface area contributed by atoms with Crippen molar-refractivity contribution in [3.8, 4) is 0 Å². The molecule has 0 saturated heterocycles. The number of esters is 1. The highest BCUT2D eigenvalue weighted by molar-refractivity contribution is 5.77. The Balaban J connectivity index is 3.11. The van der Waals surface area contributed by atoms with Crippen molar-refractivity contribution >= 4 is 5.97 Å².